The zero-order valence-corrected chi connectivity index (χ0v) is 14.5. The molecule has 1 heterocycles. The van der Waals surface area contributed by atoms with Crippen molar-refractivity contribution in [2.75, 3.05) is 6.61 Å². The summed E-state index contributed by atoms with van der Waals surface area (Å²) in [7, 11) is 0. The van der Waals surface area contributed by atoms with Crippen LogP contribution in [0, 0.1) is 0 Å². The zero-order chi connectivity index (χ0) is 18.7. The molecule has 0 aliphatic rings. The van der Waals surface area contributed by atoms with E-state index >= 15 is 0 Å². The summed E-state index contributed by atoms with van der Waals surface area (Å²) in [4.78, 5) is 4.09. The summed E-state index contributed by atoms with van der Waals surface area (Å²) in [6, 6.07) is 13.1. The molecule has 0 aliphatic heterocycles. The maximum absolute atomic E-state index is 12.6. The normalized spacial score (nSPS) is 11.4. The third-order valence-corrected chi connectivity index (χ3v) is 3.79. The van der Waals surface area contributed by atoms with Crippen molar-refractivity contribution in [3.05, 3.63) is 58.6 Å². The maximum Gasteiger partial charge on any atom is 0.422 e. The Labute approximate surface area is 156 Å². The lowest BCUT2D eigenvalue weighted by atomic mass is 10.1. The molecule has 0 bridgehead atoms. The van der Waals surface area contributed by atoms with Crippen LogP contribution in [0.2, 0.25) is 10.0 Å². The first kappa shape index (κ1) is 18.4. The molecule has 0 atom stereocenters. The van der Waals surface area contributed by atoms with Gasteiger partial charge in [-0.2, -0.15) is 18.2 Å². The van der Waals surface area contributed by atoms with E-state index in [1.54, 1.807) is 42.5 Å². The second kappa shape index (κ2) is 7.47. The van der Waals surface area contributed by atoms with Gasteiger partial charge in [-0.25, -0.2) is 0 Å². The Morgan fingerprint density at radius 1 is 0.962 bits per heavy atom. The highest BCUT2D eigenvalue weighted by atomic mass is 35.5. The largest absolute Gasteiger partial charge is 0.466 e. The molecule has 0 N–H and O–H groups in total. The van der Waals surface area contributed by atoms with Crippen LogP contribution in [0.1, 0.15) is 0 Å². The molecule has 2 aromatic carbocycles. The average molecular weight is 400 g/mol. The average Bonchev–Trinajstić information content (AvgIpc) is 2.60. The van der Waals surface area contributed by atoms with E-state index in [0.29, 0.717) is 16.1 Å². The first-order valence-electron chi connectivity index (χ1n) is 7.28. The molecule has 0 aliphatic carbocycles. The molecule has 0 spiro atoms. The van der Waals surface area contributed by atoms with Gasteiger partial charge in [0, 0.05) is 16.1 Å². The van der Waals surface area contributed by atoms with Gasteiger partial charge in [-0.15, -0.1) is 10.2 Å². The molecule has 3 aromatic rings. The van der Waals surface area contributed by atoms with Crippen molar-refractivity contribution in [1.29, 1.82) is 0 Å². The fraction of sp³-hybridized carbons (Fsp3) is 0.118. The number of halogens is 5. The van der Waals surface area contributed by atoms with Crippen LogP contribution in [0.4, 0.5) is 13.2 Å². The van der Waals surface area contributed by atoms with E-state index in [2.05, 4.69) is 15.2 Å². The molecule has 0 unspecified atom stereocenters. The van der Waals surface area contributed by atoms with Crippen molar-refractivity contribution in [3.8, 4) is 28.5 Å². The Hall–Kier alpha value is -2.38. The second-order valence-corrected chi connectivity index (χ2v) is 6.03. The Balaban J connectivity index is 2.06. The fourth-order valence-electron chi connectivity index (χ4n) is 2.12. The molecule has 1 aromatic heterocycles. The smallest absolute Gasteiger partial charge is 0.422 e. The number of rotatable bonds is 4. The summed E-state index contributed by atoms with van der Waals surface area (Å²) in [5.41, 5.74) is 1.00. The van der Waals surface area contributed by atoms with Crippen LogP contribution >= 0.6 is 23.2 Å². The minimum absolute atomic E-state index is 0.0310. The number of benzene rings is 2. The predicted octanol–water partition coefficient (Wildman–Crippen LogP) is 5.45. The van der Waals surface area contributed by atoms with Crippen LogP contribution in [0.5, 0.6) is 5.88 Å². The first-order chi connectivity index (χ1) is 12.3. The van der Waals surface area contributed by atoms with Gasteiger partial charge in [0.25, 0.3) is 0 Å². The molecule has 26 heavy (non-hydrogen) atoms. The van der Waals surface area contributed by atoms with Crippen LogP contribution in [0.25, 0.3) is 22.6 Å². The Kier molecular flexibility index (Phi) is 5.29. The van der Waals surface area contributed by atoms with Gasteiger partial charge in [0.05, 0.1) is 5.02 Å². The molecule has 3 rings (SSSR count). The number of ether oxygens (including phenoxy) is 1. The predicted molar refractivity (Wildman–Crippen MR) is 92.3 cm³/mol. The molecule has 0 amide bonds. The number of alkyl halides is 3. The minimum atomic E-state index is -4.52. The summed E-state index contributed by atoms with van der Waals surface area (Å²) < 4.78 is 42.6. The molecular weight excluding hydrogens is 390 g/mol. The Bertz CT molecular complexity index is 921. The number of hydrogen-bond acceptors (Lipinski definition) is 4. The molecule has 4 nitrogen and oxygen atoms in total. The molecular formula is C17H10Cl2F3N3O. The van der Waals surface area contributed by atoms with Crippen LogP contribution in [0.15, 0.2) is 48.5 Å². The zero-order valence-electron chi connectivity index (χ0n) is 13.0. The van der Waals surface area contributed by atoms with Crippen molar-refractivity contribution in [2.24, 2.45) is 0 Å². The van der Waals surface area contributed by atoms with E-state index in [0.717, 1.165) is 0 Å². The standard InChI is InChI=1S/C17H10Cl2F3N3O/c18-11-6-7-12(13(19)8-11)15-23-16(26-9-17(20,21)22)14(24-25-15)10-4-2-1-3-5-10/h1-8H,9H2. The Morgan fingerprint density at radius 2 is 1.69 bits per heavy atom. The summed E-state index contributed by atoms with van der Waals surface area (Å²) in [5, 5.41) is 8.61. The highest BCUT2D eigenvalue weighted by Crippen LogP contribution is 2.32. The van der Waals surface area contributed by atoms with Crippen LogP contribution in [-0.4, -0.2) is 28.0 Å². The highest BCUT2D eigenvalue weighted by molar-refractivity contribution is 6.36. The van der Waals surface area contributed by atoms with E-state index in [9.17, 15) is 13.2 Å². The third-order valence-electron chi connectivity index (χ3n) is 3.25. The second-order valence-electron chi connectivity index (χ2n) is 5.18. The van der Waals surface area contributed by atoms with Gasteiger partial charge < -0.3 is 4.74 Å². The quantitative estimate of drug-likeness (QED) is 0.584. The van der Waals surface area contributed by atoms with Crippen molar-refractivity contribution in [1.82, 2.24) is 15.2 Å². The van der Waals surface area contributed by atoms with Crippen molar-refractivity contribution in [2.45, 2.75) is 6.18 Å². The molecule has 9 heteroatoms. The SMILES string of the molecule is FC(F)(F)COc1nc(-c2ccc(Cl)cc2Cl)nnc1-c1ccccc1. The van der Waals surface area contributed by atoms with Crippen LogP contribution in [-0.2, 0) is 0 Å². The molecule has 134 valence electrons. The number of hydrogen-bond donors (Lipinski definition) is 0. The van der Waals surface area contributed by atoms with Crippen molar-refractivity contribution in [3.63, 3.8) is 0 Å². The summed E-state index contributed by atoms with van der Waals surface area (Å²) in [5.74, 6) is -0.256. The van der Waals surface area contributed by atoms with Gasteiger partial charge in [-0.1, -0.05) is 53.5 Å². The van der Waals surface area contributed by atoms with E-state index < -0.39 is 12.8 Å². The number of aromatic nitrogens is 3. The topological polar surface area (TPSA) is 47.9 Å². The minimum Gasteiger partial charge on any atom is -0.466 e. The van der Waals surface area contributed by atoms with E-state index in [1.807, 2.05) is 0 Å². The van der Waals surface area contributed by atoms with Gasteiger partial charge in [-0.3, -0.25) is 0 Å². The highest BCUT2D eigenvalue weighted by Gasteiger charge is 2.30. The first-order valence-corrected chi connectivity index (χ1v) is 8.04. The number of nitrogens with zero attached hydrogens (tertiary/aromatic N) is 3. The van der Waals surface area contributed by atoms with Gasteiger partial charge >= 0.3 is 6.18 Å². The van der Waals surface area contributed by atoms with Gasteiger partial charge in [0.15, 0.2) is 18.1 Å². The lowest BCUT2D eigenvalue weighted by Gasteiger charge is -2.12. The summed E-state index contributed by atoms with van der Waals surface area (Å²) >= 11 is 12.0. The maximum atomic E-state index is 12.6. The molecule has 0 radical (unpaired) electrons. The molecule has 0 fully saturated rings. The van der Waals surface area contributed by atoms with E-state index in [-0.39, 0.29) is 22.4 Å². The summed E-state index contributed by atoms with van der Waals surface area (Å²) in [6.45, 7) is -1.50. The third kappa shape index (κ3) is 4.42. The fourth-order valence-corrected chi connectivity index (χ4v) is 2.62. The van der Waals surface area contributed by atoms with Crippen LogP contribution < -0.4 is 4.74 Å². The van der Waals surface area contributed by atoms with Crippen LogP contribution in [0.3, 0.4) is 0 Å². The molecule has 0 saturated heterocycles. The van der Waals surface area contributed by atoms with E-state index in [4.69, 9.17) is 27.9 Å². The van der Waals surface area contributed by atoms with Crippen molar-refractivity contribution >= 4 is 23.2 Å². The lowest BCUT2D eigenvalue weighted by Crippen LogP contribution is -2.20. The van der Waals surface area contributed by atoms with Gasteiger partial charge in [-0.05, 0) is 18.2 Å². The summed E-state index contributed by atoms with van der Waals surface area (Å²) in [6.07, 6.45) is -4.52. The van der Waals surface area contributed by atoms with Gasteiger partial charge in [0.2, 0.25) is 5.88 Å². The monoisotopic (exact) mass is 399 g/mol. The van der Waals surface area contributed by atoms with E-state index in [1.165, 1.54) is 6.07 Å². The van der Waals surface area contributed by atoms with Crippen molar-refractivity contribution < 1.29 is 17.9 Å². The van der Waals surface area contributed by atoms with Gasteiger partial charge in [0.1, 0.15) is 0 Å². The Morgan fingerprint density at radius 3 is 2.35 bits per heavy atom. The molecule has 0 saturated carbocycles. The lowest BCUT2D eigenvalue weighted by molar-refractivity contribution is -0.154.